The minimum absolute atomic E-state index is 0.00644. The lowest BCUT2D eigenvalue weighted by atomic mass is 10.0. The van der Waals surface area contributed by atoms with Crippen molar-refractivity contribution in [2.75, 3.05) is 24.2 Å². The van der Waals surface area contributed by atoms with Gasteiger partial charge in [0.1, 0.15) is 5.82 Å². The fraction of sp³-hybridized carbons (Fsp3) is 0.333. The zero-order valence-electron chi connectivity index (χ0n) is 20.3. The van der Waals surface area contributed by atoms with Gasteiger partial charge in [0.2, 0.25) is 5.91 Å². The molecule has 0 unspecified atom stereocenters. The molecule has 0 radical (unpaired) electrons. The van der Waals surface area contributed by atoms with E-state index in [-0.39, 0.29) is 5.91 Å². The average Bonchev–Trinajstić information content (AvgIpc) is 3.30. The molecule has 0 fully saturated rings. The normalized spacial score (nSPS) is 11.0. The zero-order valence-corrected chi connectivity index (χ0v) is 21.1. The van der Waals surface area contributed by atoms with Crippen molar-refractivity contribution in [2.24, 2.45) is 0 Å². The minimum atomic E-state index is -0.00644. The lowest BCUT2D eigenvalue weighted by Crippen LogP contribution is -2.28. The van der Waals surface area contributed by atoms with Crippen molar-refractivity contribution in [2.45, 2.75) is 44.8 Å². The van der Waals surface area contributed by atoms with Crippen LogP contribution in [0.3, 0.4) is 0 Å². The highest BCUT2D eigenvalue weighted by Crippen LogP contribution is 2.25. The van der Waals surface area contributed by atoms with Crippen LogP contribution < -0.4 is 10.6 Å². The average molecular weight is 489 g/mol. The third-order valence-corrected chi connectivity index (χ3v) is 6.58. The summed E-state index contributed by atoms with van der Waals surface area (Å²) in [5.74, 6) is 1.78. The number of nitrogens with one attached hydrogen (secondary N) is 2. The number of benzene rings is 2. The highest BCUT2D eigenvalue weighted by molar-refractivity contribution is 7.99. The smallest absolute Gasteiger partial charge is 0.224 e. The van der Waals surface area contributed by atoms with E-state index in [2.05, 4.69) is 58.8 Å². The number of rotatable bonds is 12. The largest absolute Gasteiger partial charge is 0.369 e. The second kappa shape index (κ2) is 12.4. The van der Waals surface area contributed by atoms with Crippen LogP contribution >= 0.6 is 11.8 Å². The Balaban J connectivity index is 1.36. The Kier molecular flexibility index (Phi) is 8.73. The second-order valence-electron chi connectivity index (χ2n) is 8.32. The van der Waals surface area contributed by atoms with Gasteiger partial charge in [-0.1, -0.05) is 80.2 Å². The first kappa shape index (κ1) is 24.7. The maximum atomic E-state index is 12.5. The SMILES string of the molecule is CCCNc1nc(SCCC)nc2c1cnn2CCNC(=O)Cc1ccc(-c2ccccc2)cc1. The van der Waals surface area contributed by atoms with Gasteiger partial charge in [-0.15, -0.1) is 0 Å². The zero-order chi connectivity index (χ0) is 24.5. The van der Waals surface area contributed by atoms with Gasteiger partial charge in [0.05, 0.1) is 24.5 Å². The van der Waals surface area contributed by atoms with Crippen molar-refractivity contribution in [3.05, 3.63) is 66.4 Å². The molecule has 0 aliphatic rings. The topological polar surface area (TPSA) is 84.7 Å². The van der Waals surface area contributed by atoms with E-state index in [0.29, 0.717) is 19.5 Å². The number of nitrogens with zero attached hydrogens (tertiary/aromatic N) is 4. The number of aromatic nitrogens is 4. The standard InChI is InChI=1S/C27H32N6OS/c1-3-14-29-25-23-19-30-33(26(23)32-27(31-25)35-17-4-2)16-15-28-24(34)18-20-10-12-22(13-11-20)21-8-6-5-7-9-21/h5-13,19H,3-4,14-18H2,1-2H3,(H,28,34)(H,29,31,32). The molecule has 0 spiro atoms. The number of fused-ring (bicyclic) bond motifs is 1. The summed E-state index contributed by atoms with van der Waals surface area (Å²) in [6.07, 6.45) is 4.22. The highest BCUT2D eigenvalue weighted by atomic mass is 32.2. The van der Waals surface area contributed by atoms with Gasteiger partial charge in [0.15, 0.2) is 10.8 Å². The summed E-state index contributed by atoms with van der Waals surface area (Å²) in [6.45, 7) is 6.15. The van der Waals surface area contributed by atoms with Crippen LogP contribution in [0.4, 0.5) is 5.82 Å². The number of hydrogen-bond acceptors (Lipinski definition) is 6. The van der Waals surface area contributed by atoms with Gasteiger partial charge in [-0.2, -0.15) is 5.10 Å². The van der Waals surface area contributed by atoms with Gasteiger partial charge in [-0.3, -0.25) is 4.79 Å². The van der Waals surface area contributed by atoms with E-state index in [4.69, 9.17) is 4.98 Å². The van der Waals surface area contributed by atoms with Crippen molar-refractivity contribution in [1.29, 1.82) is 0 Å². The first-order chi connectivity index (χ1) is 17.2. The number of anilines is 1. The molecule has 2 aromatic heterocycles. The summed E-state index contributed by atoms with van der Waals surface area (Å²) >= 11 is 1.65. The number of thioether (sulfide) groups is 1. The molecule has 182 valence electrons. The molecule has 35 heavy (non-hydrogen) atoms. The summed E-state index contributed by atoms with van der Waals surface area (Å²) in [6, 6.07) is 18.4. The Morgan fingerprint density at radius 3 is 2.46 bits per heavy atom. The van der Waals surface area contributed by atoms with Crippen molar-refractivity contribution in [3.63, 3.8) is 0 Å². The van der Waals surface area contributed by atoms with Crippen LogP contribution in [0.25, 0.3) is 22.2 Å². The molecule has 0 bridgehead atoms. The quantitative estimate of drug-likeness (QED) is 0.211. The Morgan fingerprint density at radius 2 is 1.71 bits per heavy atom. The Bertz CT molecular complexity index is 1240. The van der Waals surface area contributed by atoms with E-state index < -0.39 is 0 Å². The lowest BCUT2D eigenvalue weighted by Gasteiger charge is -2.10. The molecule has 0 atom stereocenters. The van der Waals surface area contributed by atoms with Gasteiger partial charge >= 0.3 is 0 Å². The number of carbonyl (C=O) groups is 1. The van der Waals surface area contributed by atoms with E-state index in [0.717, 1.165) is 58.3 Å². The first-order valence-electron chi connectivity index (χ1n) is 12.2. The van der Waals surface area contributed by atoms with Gasteiger partial charge < -0.3 is 10.6 Å². The van der Waals surface area contributed by atoms with Crippen molar-refractivity contribution in [3.8, 4) is 11.1 Å². The molecule has 2 heterocycles. The molecule has 0 aliphatic heterocycles. The number of hydrogen-bond donors (Lipinski definition) is 2. The third-order valence-electron chi connectivity index (χ3n) is 5.52. The van der Waals surface area contributed by atoms with Crippen molar-refractivity contribution >= 4 is 34.5 Å². The first-order valence-corrected chi connectivity index (χ1v) is 13.2. The van der Waals surface area contributed by atoms with Crippen LogP contribution in [0.1, 0.15) is 32.3 Å². The Hall–Kier alpha value is -3.39. The summed E-state index contributed by atoms with van der Waals surface area (Å²) < 4.78 is 1.85. The van der Waals surface area contributed by atoms with Crippen molar-refractivity contribution in [1.82, 2.24) is 25.1 Å². The number of carbonyl (C=O) groups excluding carboxylic acids is 1. The molecule has 2 N–H and O–H groups in total. The molecule has 0 aliphatic carbocycles. The van der Waals surface area contributed by atoms with E-state index >= 15 is 0 Å². The Labute approximate surface area is 210 Å². The van der Waals surface area contributed by atoms with Crippen LogP contribution in [0.2, 0.25) is 0 Å². The molecule has 1 amide bonds. The minimum Gasteiger partial charge on any atom is -0.369 e. The van der Waals surface area contributed by atoms with Gasteiger partial charge in [-0.25, -0.2) is 14.6 Å². The van der Waals surface area contributed by atoms with Crippen LogP contribution in [-0.4, -0.2) is 44.5 Å². The molecular weight excluding hydrogens is 456 g/mol. The molecule has 0 saturated carbocycles. The van der Waals surface area contributed by atoms with E-state index in [1.165, 1.54) is 5.56 Å². The van der Waals surface area contributed by atoms with Crippen LogP contribution in [0.15, 0.2) is 66.0 Å². The summed E-state index contributed by atoms with van der Waals surface area (Å²) in [5, 5.41) is 12.6. The molecule has 2 aromatic carbocycles. The van der Waals surface area contributed by atoms with E-state index in [1.54, 1.807) is 18.0 Å². The molecule has 0 saturated heterocycles. The van der Waals surface area contributed by atoms with Crippen molar-refractivity contribution < 1.29 is 4.79 Å². The van der Waals surface area contributed by atoms with Crippen LogP contribution in [-0.2, 0) is 17.8 Å². The van der Waals surface area contributed by atoms with E-state index in [1.807, 2.05) is 35.0 Å². The lowest BCUT2D eigenvalue weighted by molar-refractivity contribution is -0.120. The fourth-order valence-corrected chi connectivity index (χ4v) is 4.42. The summed E-state index contributed by atoms with van der Waals surface area (Å²) in [7, 11) is 0. The van der Waals surface area contributed by atoms with E-state index in [9.17, 15) is 4.79 Å². The van der Waals surface area contributed by atoms with Gasteiger partial charge in [0, 0.05) is 18.8 Å². The monoisotopic (exact) mass is 488 g/mol. The van der Waals surface area contributed by atoms with Crippen LogP contribution in [0.5, 0.6) is 0 Å². The molecule has 4 aromatic rings. The van der Waals surface area contributed by atoms with Gasteiger partial charge in [0.25, 0.3) is 0 Å². The third kappa shape index (κ3) is 6.60. The predicted molar refractivity (Wildman–Crippen MR) is 144 cm³/mol. The molecular formula is C27H32N6OS. The highest BCUT2D eigenvalue weighted by Gasteiger charge is 2.13. The molecule has 4 rings (SSSR count). The number of amides is 1. The molecule has 7 nitrogen and oxygen atoms in total. The maximum Gasteiger partial charge on any atom is 0.224 e. The molecule has 8 heteroatoms. The Morgan fingerprint density at radius 1 is 0.943 bits per heavy atom. The maximum absolute atomic E-state index is 12.5. The summed E-state index contributed by atoms with van der Waals surface area (Å²) in [5.41, 5.74) is 4.10. The fourth-order valence-electron chi connectivity index (χ4n) is 3.73. The van der Waals surface area contributed by atoms with Gasteiger partial charge in [-0.05, 0) is 29.5 Å². The van der Waals surface area contributed by atoms with Crippen LogP contribution in [0, 0.1) is 0 Å². The summed E-state index contributed by atoms with van der Waals surface area (Å²) in [4.78, 5) is 22.0. The second-order valence-corrected chi connectivity index (χ2v) is 9.39. The predicted octanol–water partition coefficient (Wildman–Crippen LogP) is 5.18.